The summed E-state index contributed by atoms with van der Waals surface area (Å²) in [5.74, 6) is -0.341. The average Bonchev–Trinajstić information content (AvgIpc) is 2.70. The molecule has 0 bridgehead atoms. The third-order valence-electron chi connectivity index (χ3n) is 2.68. The van der Waals surface area contributed by atoms with E-state index in [2.05, 4.69) is 10.6 Å². The van der Waals surface area contributed by atoms with Gasteiger partial charge in [-0.15, -0.1) is 0 Å². The molecule has 16 heavy (non-hydrogen) atoms. The fourth-order valence-electron chi connectivity index (χ4n) is 1.89. The van der Waals surface area contributed by atoms with Gasteiger partial charge in [0.1, 0.15) is 5.82 Å². The summed E-state index contributed by atoms with van der Waals surface area (Å²) in [5.41, 5.74) is 0.712. The second-order valence-corrected chi connectivity index (χ2v) is 4.06. The molecule has 1 amide bonds. The molecule has 0 aromatic heterocycles. The first-order chi connectivity index (χ1) is 7.74. The molecule has 0 radical (unpaired) electrons. The number of carbonyl (C=O) groups excluding carboxylic acids is 1. The predicted octanol–water partition coefficient (Wildman–Crippen LogP) is 0.846. The van der Waals surface area contributed by atoms with Crippen molar-refractivity contribution in [2.24, 2.45) is 0 Å². The molecule has 1 aliphatic heterocycles. The van der Waals surface area contributed by atoms with Crippen molar-refractivity contribution in [1.82, 2.24) is 10.6 Å². The van der Waals surface area contributed by atoms with E-state index in [4.69, 9.17) is 0 Å². The molecule has 0 spiro atoms. The van der Waals surface area contributed by atoms with Crippen molar-refractivity contribution >= 4 is 5.91 Å². The van der Waals surface area contributed by atoms with Crippen molar-refractivity contribution in [3.8, 4) is 0 Å². The van der Waals surface area contributed by atoms with Crippen molar-refractivity contribution in [2.75, 3.05) is 13.1 Å². The monoisotopic (exact) mass is 222 g/mol. The van der Waals surface area contributed by atoms with Gasteiger partial charge < -0.3 is 10.6 Å². The number of hydrogen-bond acceptors (Lipinski definition) is 2. The van der Waals surface area contributed by atoms with E-state index in [0.717, 1.165) is 19.5 Å². The van der Waals surface area contributed by atoms with Crippen molar-refractivity contribution in [1.29, 1.82) is 0 Å². The first-order valence-corrected chi connectivity index (χ1v) is 5.48. The Morgan fingerprint density at radius 2 is 2.44 bits per heavy atom. The minimum absolute atomic E-state index is 0.0423. The van der Waals surface area contributed by atoms with Gasteiger partial charge in [-0.05, 0) is 30.7 Å². The summed E-state index contributed by atoms with van der Waals surface area (Å²) in [6.45, 7) is 1.78. The van der Waals surface area contributed by atoms with Gasteiger partial charge in [-0.1, -0.05) is 12.1 Å². The molecular formula is C12H15FN2O. The number of amides is 1. The van der Waals surface area contributed by atoms with Crippen LogP contribution in [0.4, 0.5) is 4.39 Å². The van der Waals surface area contributed by atoms with Crippen LogP contribution < -0.4 is 10.6 Å². The molecule has 2 N–H and O–H groups in total. The smallest absolute Gasteiger partial charge is 0.224 e. The van der Waals surface area contributed by atoms with E-state index in [1.54, 1.807) is 12.1 Å². The van der Waals surface area contributed by atoms with Crippen LogP contribution in [0.1, 0.15) is 12.0 Å². The van der Waals surface area contributed by atoms with Gasteiger partial charge in [0.05, 0.1) is 6.42 Å². The Morgan fingerprint density at radius 1 is 1.56 bits per heavy atom. The molecule has 0 saturated carbocycles. The van der Waals surface area contributed by atoms with Gasteiger partial charge in [-0.2, -0.15) is 0 Å². The number of hydrogen-bond donors (Lipinski definition) is 2. The minimum Gasteiger partial charge on any atom is -0.352 e. The number of carbonyl (C=O) groups is 1. The molecule has 1 saturated heterocycles. The molecule has 1 aliphatic rings. The lowest BCUT2D eigenvalue weighted by Gasteiger charge is -2.11. The first-order valence-electron chi connectivity index (χ1n) is 5.48. The van der Waals surface area contributed by atoms with Crippen LogP contribution >= 0.6 is 0 Å². The lowest BCUT2D eigenvalue weighted by molar-refractivity contribution is -0.121. The van der Waals surface area contributed by atoms with Gasteiger partial charge >= 0.3 is 0 Å². The highest BCUT2D eigenvalue weighted by atomic mass is 19.1. The van der Waals surface area contributed by atoms with E-state index in [-0.39, 0.29) is 24.2 Å². The van der Waals surface area contributed by atoms with Crippen molar-refractivity contribution in [3.05, 3.63) is 35.6 Å². The van der Waals surface area contributed by atoms with Crippen molar-refractivity contribution in [3.63, 3.8) is 0 Å². The summed E-state index contributed by atoms with van der Waals surface area (Å²) in [6, 6.07) is 6.38. The number of benzene rings is 1. The zero-order chi connectivity index (χ0) is 11.4. The molecule has 3 nitrogen and oxygen atoms in total. The van der Waals surface area contributed by atoms with Gasteiger partial charge in [0, 0.05) is 12.6 Å². The first kappa shape index (κ1) is 11.1. The topological polar surface area (TPSA) is 41.1 Å². The highest BCUT2D eigenvalue weighted by Crippen LogP contribution is 2.05. The molecule has 1 aromatic rings. The second-order valence-electron chi connectivity index (χ2n) is 4.06. The normalized spacial score (nSPS) is 19.7. The van der Waals surface area contributed by atoms with E-state index in [1.807, 2.05) is 0 Å². The molecular weight excluding hydrogens is 207 g/mol. The van der Waals surface area contributed by atoms with Crippen LogP contribution in [0.15, 0.2) is 24.3 Å². The van der Waals surface area contributed by atoms with Gasteiger partial charge in [0.2, 0.25) is 5.91 Å². The molecule has 86 valence electrons. The van der Waals surface area contributed by atoms with Crippen LogP contribution in [0.3, 0.4) is 0 Å². The summed E-state index contributed by atoms with van der Waals surface area (Å²) >= 11 is 0. The maximum absolute atomic E-state index is 12.9. The van der Waals surface area contributed by atoms with Crippen LogP contribution in [0, 0.1) is 5.82 Å². The fraction of sp³-hybridized carbons (Fsp3) is 0.417. The lowest BCUT2D eigenvalue weighted by atomic mass is 10.1. The average molecular weight is 222 g/mol. The standard InChI is InChI=1S/C12H15FN2O/c13-10-3-1-2-9(6-10)7-12(16)15-11-4-5-14-8-11/h1-3,6,11,14H,4-5,7-8H2,(H,15,16). The molecule has 1 unspecified atom stereocenters. The van der Waals surface area contributed by atoms with Gasteiger partial charge in [-0.25, -0.2) is 4.39 Å². The van der Waals surface area contributed by atoms with Gasteiger partial charge in [0.25, 0.3) is 0 Å². The van der Waals surface area contributed by atoms with Crippen molar-refractivity contribution in [2.45, 2.75) is 18.9 Å². The maximum Gasteiger partial charge on any atom is 0.224 e. The predicted molar refractivity (Wildman–Crippen MR) is 59.5 cm³/mol. The summed E-state index contributed by atoms with van der Waals surface area (Å²) in [4.78, 5) is 11.6. The van der Waals surface area contributed by atoms with Crippen molar-refractivity contribution < 1.29 is 9.18 Å². The minimum atomic E-state index is -0.298. The molecule has 1 atom stereocenters. The molecule has 1 aromatic carbocycles. The molecule has 1 heterocycles. The third-order valence-corrected chi connectivity index (χ3v) is 2.68. The Hall–Kier alpha value is -1.42. The van der Waals surface area contributed by atoms with E-state index in [1.165, 1.54) is 12.1 Å². The van der Waals surface area contributed by atoms with Crippen LogP contribution in [0.25, 0.3) is 0 Å². The SMILES string of the molecule is O=C(Cc1cccc(F)c1)NC1CCNC1. The third kappa shape index (κ3) is 3.03. The van der Waals surface area contributed by atoms with Gasteiger partial charge in [-0.3, -0.25) is 4.79 Å². The lowest BCUT2D eigenvalue weighted by Crippen LogP contribution is -2.37. The highest BCUT2D eigenvalue weighted by Gasteiger charge is 2.16. The zero-order valence-corrected chi connectivity index (χ0v) is 9.00. The maximum atomic E-state index is 12.9. The second kappa shape index (κ2) is 5.07. The summed E-state index contributed by atoms with van der Waals surface area (Å²) in [5, 5.41) is 6.10. The number of halogens is 1. The summed E-state index contributed by atoms with van der Waals surface area (Å²) in [6.07, 6.45) is 1.21. The van der Waals surface area contributed by atoms with E-state index >= 15 is 0 Å². The van der Waals surface area contributed by atoms with Gasteiger partial charge in [0.15, 0.2) is 0 Å². The van der Waals surface area contributed by atoms with Crippen LogP contribution in [0.2, 0.25) is 0 Å². The fourth-order valence-corrected chi connectivity index (χ4v) is 1.89. The zero-order valence-electron chi connectivity index (χ0n) is 9.00. The Labute approximate surface area is 94.0 Å². The van der Waals surface area contributed by atoms with Crippen LogP contribution in [-0.4, -0.2) is 25.0 Å². The Bertz CT molecular complexity index is 375. The Kier molecular flexibility index (Phi) is 3.51. The largest absolute Gasteiger partial charge is 0.352 e. The van der Waals surface area contributed by atoms with Crippen LogP contribution in [-0.2, 0) is 11.2 Å². The molecule has 4 heteroatoms. The number of nitrogens with one attached hydrogen (secondary N) is 2. The van der Waals surface area contributed by atoms with Crippen LogP contribution in [0.5, 0.6) is 0 Å². The van der Waals surface area contributed by atoms with E-state index in [9.17, 15) is 9.18 Å². The highest BCUT2D eigenvalue weighted by molar-refractivity contribution is 5.78. The Balaban J connectivity index is 1.86. The summed E-state index contributed by atoms with van der Waals surface area (Å²) < 4.78 is 12.9. The Morgan fingerprint density at radius 3 is 3.12 bits per heavy atom. The quantitative estimate of drug-likeness (QED) is 0.796. The molecule has 1 fully saturated rings. The molecule has 0 aliphatic carbocycles. The molecule has 2 rings (SSSR count). The van der Waals surface area contributed by atoms with E-state index in [0.29, 0.717) is 5.56 Å². The summed E-state index contributed by atoms with van der Waals surface area (Å²) in [7, 11) is 0. The van der Waals surface area contributed by atoms with E-state index < -0.39 is 0 Å². The number of rotatable bonds is 3.